The minimum atomic E-state index is -0.531. The monoisotopic (exact) mass is 588 g/mol. The van der Waals surface area contributed by atoms with Crippen LogP contribution in [0.2, 0.25) is 0 Å². The van der Waals surface area contributed by atoms with Crippen molar-refractivity contribution in [2.45, 2.75) is 0 Å². The van der Waals surface area contributed by atoms with Crippen molar-refractivity contribution in [1.29, 1.82) is 5.26 Å². The molecule has 0 saturated carbocycles. The highest BCUT2D eigenvalue weighted by Gasteiger charge is 2.26. The summed E-state index contributed by atoms with van der Waals surface area (Å²) in [6, 6.07) is 12.5. The molecule has 14 heteroatoms. The van der Waals surface area contributed by atoms with Gasteiger partial charge in [-0.3, -0.25) is 5.10 Å². The van der Waals surface area contributed by atoms with Gasteiger partial charge >= 0.3 is 6.03 Å². The molecule has 2 aromatic heterocycles. The number of rotatable bonds is 9. The molecule has 13 nitrogen and oxygen atoms in total. The number of H-pyrrole nitrogens is 1. The third kappa shape index (κ3) is 5.97. The van der Waals surface area contributed by atoms with Crippen LogP contribution in [0.1, 0.15) is 11.1 Å². The molecule has 0 spiro atoms. The van der Waals surface area contributed by atoms with Crippen LogP contribution < -0.4 is 29.9 Å². The number of morpholine rings is 1. The van der Waals surface area contributed by atoms with Gasteiger partial charge in [0.25, 0.3) is 0 Å². The molecule has 1 aliphatic heterocycles. The summed E-state index contributed by atoms with van der Waals surface area (Å²) in [6.07, 6.45) is 2.90. The molecule has 216 valence electrons. The molecule has 4 aromatic rings. The number of nitrogens with zero attached hydrogens (tertiary/aromatic N) is 5. The molecule has 0 unspecified atom stereocenters. The van der Waals surface area contributed by atoms with E-state index in [0.717, 1.165) is 21.0 Å². The van der Waals surface area contributed by atoms with E-state index >= 15 is 0 Å². The predicted molar refractivity (Wildman–Crippen MR) is 159 cm³/mol. The van der Waals surface area contributed by atoms with Crippen molar-refractivity contribution in [3.05, 3.63) is 53.9 Å². The van der Waals surface area contributed by atoms with Crippen LogP contribution in [-0.2, 0) is 4.74 Å². The van der Waals surface area contributed by atoms with Gasteiger partial charge in [0, 0.05) is 29.9 Å². The van der Waals surface area contributed by atoms with E-state index in [1.165, 1.54) is 45.2 Å². The number of ether oxygens (including phenoxy) is 4. The van der Waals surface area contributed by atoms with Gasteiger partial charge in [-0.05, 0) is 29.8 Å². The molecule has 42 heavy (non-hydrogen) atoms. The number of nitrogens with one attached hydrogen (secondary N) is 3. The van der Waals surface area contributed by atoms with E-state index in [9.17, 15) is 10.1 Å². The molecule has 2 aromatic carbocycles. The number of benzene rings is 2. The first-order valence-electron chi connectivity index (χ1n) is 12.8. The number of urea groups is 1. The van der Waals surface area contributed by atoms with Gasteiger partial charge in [-0.25, -0.2) is 15.2 Å². The molecule has 0 aliphatic carbocycles. The Labute approximate surface area is 245 Å². The maximum Gasteiger partial charge on any atom is 0.339 e. The van der Waals surface area contributed by atoms with Gasteiger partial charge in [0.05, 0.1) is 51.2 Å². The maximum atomic E-state index is 12.5. The molecule has 3 N–H and O–H groups in total. The van der Waals surface area contributed by atoms with Gasteiger partial charge in [-0.2, -0.15) is 15.5 Å². The topological polar surface area (TPSA) is 159 Å². The lowest BCUT2D eigenvalue weighted by molar-refractivity contribution is 0.123. The van der Waals surface area contributed by atoms with Crippen LogP contribution in [0.5, 0.6) is 17.2 Å². The molecule has 0 atom stereocenters. The van der Waals surface area contributed by atoms with Crippen LogP contribution in [0.3, 0.4) is 0 Å². The lowest BCUT2D eigenvalue weighted by Gasteiger charge is -2.27. The quantitative estimate of drug-likeness (QED) is 0.193. The summed E-state index contributed by atoms with van der Waals surface area (Å²) in [5.41, 5.74) is 5.75. The molecule has 0 radical (unpaired) electrons. The summed E-state index contributed by atoms with van der Waals surface area (Å²) in [5.74, 6) is 1.98. The normalized spacial score (nSPS) is 13.0. The van der Waals surface area contributed by atoms with Crippen molar-refractivity contribution >= 4 is 34.3 Å². The average Bonchev–Trinajstić information content (AvgIpc) is 3.70. The highest BCUT2D eigenvalue weighted by Crippen LogP contribution is 2.46. The van der Waals surface area contributed by atoms with Crippen molar-refractivity contribution in [1.82, 2.24) is 20.6 Å². The molecular formula is C28H28N8O5S. The Morgan fingerprint density at radius 2 is 1.86 bits per heavy atom. The van der Waals surface area contributed by atoms with E-state index in [1.54, 1.807) is 24.3 Å². The number of aromatic amines is 1. The highest BCUT2D eigenvalue weighted by molar-refractivity contribution is 7.20. The first-order valence-corrected chi connectivity index (χ1v) is 13.6. The Morgan fingerprint density at radius 1 is 1.14 bits per heavy atom. The lowest BCUT2D eigenvalue weighted by atomic mass is 10.0. The van der Waals surface area contributed by atoms with Crippen molar-refractivity contribution in [3.63, 3.8) is 0 Å². The number of aromatic nitrogens is 3. The number of hydrogen-bond acceptors (Lipinski definition) is 11. The van der Waals surface area contributed by atoms with Gasteiger partial charge in [-0.1, -0.05) is 12.1 Å². The van der Waals surface area contributed by atoms with Gasteiger partial charge < -0.3 is 29.2 Å². The van der Waals surface area contributed by atoms with Crippen LogP contribution in [0, 0.1) is 11.3 Å². The van der Waals surface area contributed by atoms with Gasteiger partial charge in [-0.15, -0.1) is 11.3 Å². The van der Waals surface area contributed by atoms with Crippen LogP contribution in [0.15, 0.2) is 47.8 Å². The number of thiophene rings is 1. The highest BCUT2D eigenvalue weighted by atomic mass is 32.1. The third-order valence-corrected chi connectivity index (χ3v) is 7.69. The van der Waals surface area contributed by atoms with E-state index in [0.29, 0.717) is 66.2 Å². The molecule has 0 bridgehead atoms. The molecule has 1 fully saturated rings. The number of hydrazone groups is 1. The summed E-state index contributed by atoms with van der Waals surface area (Å²) in [6.45, 7) is 2.60. The Morgan fingerprint density at radius 3 is 2.45 bits per heavy atom. The van der Waals surface area contributed by atoms with E-state index in [2.05, 4.69) is 42.0 Å². The van der Waals surface area contributed by atoms with Gasteiger partial charge in [0.1, 0.15) is 17.4 Å². The predicted octanol–water partition coefficient (Wildman–Crippen LogP) is 4.09. The lowest BCUT2D eigenvalue weighted by Crippen LogP contribution is -2.36. The van der Waals surface area contributed by atoms with E-state index in [4.69, 9.17) is 18.9 Å². The summed E-state index contributed by atoms with van der Waals surface area (Å²) >= 11 is 1.49. The number of nitriles is 1. The first-order chi connectivity index (χ1) is 20.6. The molecule has 1 aliphatic rings. The summed E-state index contributed by atoms with van der Waals surface area (Å²) in [7, 11) is 4.56. The number of amides is 2. The second-order valence-corrected chi connectivity index (χ2v) is 9.89. The molecule has 2 amide bonds. The number of methoxy groups -OCH3 is 3. The van der Waals surface area contributed by atoms with Crippen molar-refractivity contribution < 1.29 is 23.7 Å². The summed E-state index contributed by atoms with van der Waals surface area (Å²) < 4.78 is 21.5. The molecule has 1 saturated heterocycles. The Hall–Kier alpha value is -5.13. The maximum absolute atomic E-state index is 12.5. The zero-order valence-corrected chi connectivity index (χ0v) is 23.9. The van der Waals surface area contributed by atoms with Crippen LogP contribution >= 0.6 is 11.3 Å². The van der Waals surface area contributed by atoms with Crippen LogP contribution in [0.25, 0.3) is 21.8 Å². The van der Waals surface area contributed by atoms with Crippen molar-refractivity contribution in [2.75, 3.05) is 57.8 Å². The van der Waals surface area contributed by atoms with Gasteiger partial charge in [0.15, 0.2) is 17.3 Å². The zero-order valence-electron chi connectivity index (χ0n) is 23.1. The fraction of sp³-hybridized carbons (Fsp3) is 0.250. The smallest absolute Gasteiger partial charge is 0.339 e. The second-order valence-electron chi connectivity index (χ2n) is 8.89. The minimum Gasteiger partial charge on any atom is -0.493 e. The molecular weight excluding hydrogens is 560 g/mol. The Bertz CT molecular complexity index is 1580. The third-order valence-electron chi connectivity index (χ3n) is 6.43. The number of carbonyl (C=O) groups is 1. The Balaban J connectivity index is 1.32. The van der Waals surface area contributed by atoms with E-state index < -0.39 is 6.03 Å². The zero-order chi connectivity index (χ0) is 29.5. The summed E-state index contributed by atoms with van der Waals surface area (Å²) in [4.78, 5) is 19.8. The van der Waals surface area contributed by atoms with E-state index in [1.807, 2.05) is 12.1 Å². The minimum absolute atomic E-state index is 0.459. The molecule has 5 rings (SSSR count). The van der Waals surface area contributed by atoms with Crippen molar-refractivity contribution in [2.24, 2.45) is 5.10 Å². The first kappa shape index (κ1) is 28.4. The average molecular weight is 589 g/mol. The SMILES string of the molecule is COc1cc(/C=N/NC(=O)Nc2ccc(-c3c(-c4ncn[nH]4)sc(N4CCOCC4)c3C#N)cc2)cc(OC)c1OC. The second kappa shape index (κ2) is 13.0. The fourth-order valence-corrected chi connectivity index (χ4v) is 5.76. The fourth-order valence-electron chi connectivity index (χ4n) is 4.49. The molecule has 3 heterocycles. The van der Waals surface area contributed by atoms with Crippen molar-refractivity contribution in [3.8, 4) is 45.1 Å². The van der Waals surface area contributed by atoms with Crippen LogP contribution in [-0.4, -0.2) is 75.1 Å². The standard InChI is InChI=1S/C28H28N8O5S/c1-38-21-12-17(13-22(39-2)24(21)40-3)15-31-35-28(37)33-19-6-4-18(5-7-19)23-20(14-29)27(36-8-10-41-11-9-36)42-25(23)26-30-16-32-34-26/h4-7,12-13,15-16H,8-11H2,1-3H3,(H,30,32,34)(H2,33,35,37)/b31-15+. The summed E-state index contributed by atoms with van der Waals surface area (Å²) in [5, 5.41) is 24.7. The Kier molecular flexibility index (Phi) is 8.81. The number of carbonyl (C=O) groups excluding carboxylic acids is 1. The van der Waals surface area contributed by atoms with Crippen LogP contribution in [0.4, 0.5) is 15.5 Å². The number of anilines is 2. The number of hydrogen-bond donors (Lipinski definition) is 3. The largest absolute Gasteiger partial charge is 0.493 e. The van der Waals surface area contributed by atoms with E-state index in [-0.39, 0.29) is 0 Å². The van der Waals surface area contributed by atoms with Gasteiger partial charge in [0.2, 0.25) is 5.75 Å².